The van der Waals surface area contributed by atoms with Gasteiger partial charge in [-0.1, -0.05) is 17.7 Å². The van der Waals surface area contributed by atoms with E-state index in [2.05, 4.69) is 29.6 Å². The maximum absolute atomic E-state index is 13.8. The minimum atomic E-state index is -0.722. The number of thiophene rings is 1. The van der Waals surface area contributed by atoms with Gasteiger partial charge in [0, 0.05) is 50.2 Å². The molecule has 222 valence electrons. The fourth-order valence-corrected chi connectivity index (χ4v) is 7.20. The van der Waals surface area contributed by atoms with Crippen LogP contribution < -0.4 is 16.4 Å². The molecule has 1 aromatic heterocycles. The molecule has 1 atom stereocenters. The Morgan fingerprint density at radius 2 is 1.83 bits per heavy atom. The summed E-state index contributed by atoms with van der Waals surface area (Å²) in [5.41, 5.74) is 9.40. The number of nitrogens with two attached hydrogens (primary N) is 1. The Balaban J connectivity index is 1.24. The lowest BCUT2D eigenvalue weighted by molar-refractivity contribution is -0.134. The highest BCUT2D eigenvalue weighted by Gasteiger charge is 2.35. The number of benzene rings is 1. The van der Waals surface area contributed by atoms with E-state index in [-0.39, 0.29) is 24.0 Å². The Morgan fingerprint density at radius 3 is 2.49 bits per heavy atom. The number of hydrogen-bond donors (Lipinski definition) is 3. The molecule has 4 N–H and O–H groups in total. The molecular weight excluding hydrogens is 562 g/mol. The second-order valence-corrected chi connectivity index (χ2v) is 12.9. The number of hydrogen-bond acceptors (Lipinski definition) is 6. The van der Waals surface area contributed by atoms with Gasteiger partial charge in [-0.25, -0.2) is 9.59 Å². The molecular formula is C29H40ClN7O3S. The van der Waals surface area contributed by atoms with E-state index >= 15 is 0 Å². The van der Waals surface area contributed by atoms with Gasteiger partial charge in [-0.15, -0.1) is 11.3 Å². The van der Waals surface area contributed by atoms with Crippen molar-refractivity contribution >= 4 is 51.6 Å². The van der Waals surface area contributed by atoms with Gasteiger partial charge in [0.05, 0.1) is 17.3 Å². The van der Waals surface area contributed by atoms with E-state index in [4.69, 9.17) is 17.3 Å². The van der Waals surface area contributed by atoms with Crippen molar-refractivity contribution in [2.75, 3.05) is 51.3 Å². The number of piperidine rings is 2. The number of fused-ring (bicyclic) bond motifs is 1. The van der Waals surface area contributed by atoms with E-state index in [0.717, 1.165) is 34.5 Å². The summed E-state index contributed by atoms with van der Waals surface area (Å²) in [4.78, 5) is 47.7. The third-order valence-corrected chi connectivity index (χ3v) is 9.88. The molecule has 0 radical (unpaired) electrons. The second-order valence-electron chi connectivity index (χ2n) is 11.6. The van der Waals surface area contributed by atoms with Crippen molar-refractivity contribution in [2.24, 2.45) is 0 Å². The fraction of sp³-hybridized carbons (Fsp3) is 0.552. The van der Waals surface area contributed by atoms with Crippen LogP contribution in [0.1, 0.15) is 42.4 Å². The summed E-state index contributed by atoms with van der Waals surface area (Å²) in [6, 6.07) is 5.20. The lowest BCUT2D eigenvalue weighted by atomic mass is 9.99. The summed E-state index contributed by atoms with van der Waals surface area (Å²) in [6.07, 6.45) is 3.49. The van der Waals surface area contributed by atoms with E-state index < -0.39 is 6.04 Å². The van der Waals surface area contributed by atoms with Gasteiger partial charge >= 0.3 is 12.1 Å². The van der Waals surface area contributed by atoms with Crippen LogP contribution in [0.5, 0.6) is 0 Å². The molecule has 0 bridgehead atoms. The van der Waals surface area contributed by atoms with E-state index in [1.165, 1.54) is 11.3 Å². The van der Waals surface area contributed by atoms with Crippen LogP contribution in [0.2, 0.25) is 5.02 Å². The van der Waals surface area contributed by atoms with Crippen LogP contribution in [0.25, 0.3) is 0 Å². The average Bonchev–Trinajstić information content (AvgIpc) is 3.42. The second kappa shape index (κ2) is 12.5. The third kappa shape index (κ3) is 6.57. The number of carbonyl (C=O) groups excluding carboxylic acids is 3. The zero-order valence-electron chi connectivity index (χ0n) is 24.0. The number of nitrogens with zero attached hydrogens (tertiary/aromatic N) is 4. The first kappa shape index (κ1) is 29.5. The number of halogens is 1. The van der Waals surface area contributed by atoms with E-state index in [1.807, 2.05) is 34.2 Å². The molecule has 0 saturated carbocycles. The number of nitrogens with one attached hydrogen (secondary N) is 2. The van der Waals surface area contributed by atoms with Crippen molar-refractivity contribution in [2.45, 2.75) is 63.7 Å². The van der Waals surface area contributed by atoms with Gasteiger partial charge in [-0.3, -0.25) is 10.1 Å². The van der Waals surface area contributed by atoms with Crippen LogP contribution in [0.15, 0.2) is 23.6 Å². The molecule has 0 spiro atoms. The molecule has 0 unspecified atom stereocenters. The predicted molar refractivity (Wildman–Crippen MR) is 163 cm³/mol. The van der Waals surface area contributed by atoms with Crippen molar-refractivity contribution < 1.29 is 14.4 Å². The first-order valence-corrected chi connectivity index (χ1v) is 15.6. The summed E-state index contributed by atoms with van der Waals surface area (Å²) in [5.74, 6) is -0.0763. The van der Waals surface area contributed by atoms with Crippen LogP contribution in [-0.4, -0.2) is 96.0 Å². The van der Waals surface area contributed by atoms with Crippen LogP contribution in [-0.2, 0) is 17.8 Å². The van der Waals surface area contributed by atoms with Gasteiger partial charge in [-0.05, 0) is 75.3 Å². The van der Waals surface area contributed by atoms with E-state index in [0.29, 0.717) is 68.7 Å². The third-order valence-electron chi connectivity index (χ3n) is 8.70. The first-order valence-electron chi connectivity index (χ1n) is 14.3. The Morgan fingerprint density at radius 1 is 1.15 bits per heavy atom. The average molecular weight is 602 g/mol. The number of urea groups is 2. The minimum absolute atomic E-state index is 0.0578. The quantitative estimate of drug-likeness (QED) is 0.434. The first-order chi connectivity index (χ1) is 19.6. The Hall–Kier alpha value is -3.02. The van der Waals surface area contributed by atoms with Gasteiger partial charge in [0.15, 0.2) is 0 Å². The van der Waals surface area contributed by atoms with Crippen molar-refractivity contribution in [3.63, 3.8) is 0 Å². The molecule has 3 aliphatic rings. The highest BCUT2D eigenvalue weighted by Crippen LogP contribution is 2.32. The van der Waals surface area contributed by atoms with Gasteiger partial charge in [-0.2, -0.15) is 0 Å². The number of rotatable bonds is 6. The Bertz CT molecular complexity index is 1260. The van der Waals surface area contributed by atoms with Crippen molar-refractivity contribution in [1.82, 2.24) is 24.9 Å². The predicted octanol–water partition coefficient (Wildman–Crippen LogP) is 3.98. The fourth-order valence-electron chi connectivity index (χ4n) is 6.11. The lowest BCUT2D eigenvalue weighted by Crippen LogP contribution is -2.57. The molecule has 4 heterocycles. The number of nitrogen functional groups attached to an aromatic ring is 1. The highest BCUT2D eigenvalue weighted by atomic mass is 35.5. The van der Waals surface area contributed by atoms with Crippen LogP contribution >= 0.6 is 22.9 Å². The molecule has 0 aliphatic carbocycles. The largest absolute Gasteiger partial charge is 0.397 e. The Labute approximate surface area is 250 Å². The molecule has 2 fully saturated rings. The summed E-state index contributed by atoms with van der Waals surface area (Å²) in [6.45, 7) is 4.82. The molecule has 12 heteroatoms. The van der Waals surface area contributed by atoms with Crippen molar-refractivity contribution in [1.29, 1.82) is 0 Å². The molecule has 5 rings (SSSR count). The van der Waals surface area contributed by atoms with Gasteiger partial charge in [0.2, 0.25) is 5.91 Å². The normalized spacial score (nSPS) is 19.2. The van der Waals surface area contributed by atoms with Crippen LogP contribution in [0.4, 0.5) is 20.3 Å². The summed E-state index contributed by atoms with van der Waals surface area (Å²) < 4.78 is 0. The molecule has 2 aromatic rings. The van der Waals surface area contributed by atoms with Gasteiger partial charge in [0.1, 0.15) is 11.0 Å². The lowest BCUT2D eigenvalue weighted by Gasteiger charge is -2.40. The van der Waals surface area contributed by atoms with Crippen molar-refractivity contribution in [3.05, 3.63) is 45.3 Å². The number of amides is 5. The maximum atomic E-state index is 13.8. The van der Waals surface area contributed by atoms with E-state index in [1.54, 1.807) is 11.0 Å². The highest BCUT2D eigenvalue weighted by molar-refractivity contribution is 7.14. The monoisotopic (exact) mass is 601 g/mol. The molecule has 41 heavy (non-hydrogen) atoms. The SMILES string of the molecule is Cc1cc(C[C@@H](NC(=O)N2CCC(N3Cc4ccsc4NC3=O)CC2)C(=O)N2CCC(N(C)C)CC2)cc(Cl)c1N. The van der Waals surface area contributed by atoms with Gasteiger partial charge < -0.3 is 30.7 Å². The molecule has 2 saturated heterocycles. The number of carbonyl (C=O) groups is 3. The number of aryl methyl sites for hydroxylation is 1. The molecule has 10 nitrogen and oxygen atoms in total. The van der Waals surface area contributed by atoms with Gasteiger partial charge in [0.25, 0.3) is 0 Å². The van der Waals surface area contributed by atoms with Crippen LogP contribution in [0.3, 0.4) is 0 Å². The molecule has 5 amide bonds. The maximum Gasteiger partial charge on any atom is 0.323 e. The molecule has 3 aliphatic heterocycles. The Kier molecular flexibility index (Phi) is 8.96. The summed E-state index contributed by atoms with van der Waals surface area (Å²) in [5, 5.41) is 9.39. The molecule has 1 aromatic carbocycles. The minimum Gasteiger partial charge on any atom is -0.397 e. The zero-order valence-corrected chi connectivity index (χ0v) is 25.6. The summed E-state index contributed by atoms with van der Waals surface area (Å²) in [7, 11) is 4.14. The standard InChI is InChI=1S/C29H40ClN7O3S/c1-18-14-19(15-23(30)25(18)31)16-24(27(38)35-9-4-21(5-10-35)34(2)3)32-28(39)36-11-6-22(7-12-36)37-17-20-8-13-41-26(20)33-29(37)40/h8,13-15,21-22,24H,4-7,9-12,16-17,31H2,1-3H3,(H,32,39)(H,33,40)/t24-/m1/s1. The summed E-state index contributed by atoms with van der Waals surface area (Å²) >= 11 is 7.90. The van der Waals surface area contributed by atoms with E-state index in [9.17, 15) is 14.4 Å². The number of anilines is 2. The smallest absolute Gasteiger partial charge is 0.323 e. The van der Waals surface area contributed by atoms with Crippen molar-refractivity contribution in [3.8, 4) is 0 Å². The topological polar surface area (TPSA) is 114 Å². The zero-order chi connectivity index (χ0) is 29.3. The number of likely N-dealkylation sites (tertiary alicyclic amines) is 2. The van der Waals surface area contributed by atoms with Crippen LogP contribution in [0, 0.1) is 6.92 Å².